The van der Waals surface area contributed by atoms with Gasteiger partial charge in [-0.1, -0.05) is 20.8 Å². The summed E-state index contributed by atoms with van der Waals surface area (Å²) in [5.74, 6) is 0. The first-order chi connectivity index (χ1) is 6.33. The van der Waals surface area contributed by atoms with Gasteiger partial charge in [0, 0.05) is 12.1 Å². The van der Waals surface area contributed by atoms with Crippen LogP contribution in [0, 0.1) is 5.41 Å². The number of hydrogen-bond acceptors (Lipinski definition) is 2. The lowest BCUT2D eigenvalue weighted by atomic mass is 9.73. The Labute approximate surface area is 86.4 Å². The van der Waals surface area contributed by atoms with Crippen molar-refractivity contribution >= 4 is 6.09 Å². The average molecular weight is 199 g/mol. The van der Waals surface area contributed by atoms with Crippen LogP contribution in [0.2, 0.25) is 0 Å². The number of carbonyl (C=O) groups is 1. The van der Waals surface area contributed by atoms with Crippen LogP contribution in [-0.2, 0) is 4.74 Å². The molecule has 0 aromatic heterocycles. The summed E-state index contributed by atoms with van der Waals surface area (Å²) < 4.78 is 4.81. The van der Waals surface area contributed by atoms with E-state index in [1.807, 2.05) is 4.90 Å². The van der Waals surface area contributed by atoms with E-state index in [2.05, 4.69) is 27.7 Å². The fraction of sp³-hybridized carbons (Fsp3) is 0.909. The number of amides is 1. The highest BCUT2D eigenvalue weighted by atomic mass is 16.5. The molecule has 1 aliphatic heterocycles. The maximum absolute atomic E-state index is 11.6. The summed E-state index contributed by atoms with van der Waals surface area (Å²) in [6.07, 6.45) is 1.94. The van der Waals surface area contributed by atoms with Gasteiger partial charge in [0.25, 0.3) is 0 Å². The Morgan fingerprint density at radius 2 is 2.00 bits per heavy atom. The van der Waals surface area contributed by atoms with Gasteiger partial charge in [-0.25, -0.2) is 4.79 Å². The SMILES string of the molecule is COC(=O)N1CCC[C@@]1(C)C(C)(C)C. The van der Waals surface area contributed by atoms with Crippen LogP contribution < -0.4 is 0 Å². The second-order valence-electron chi connectivity index (χ2n) is 5.25. The first kappa shape index (κ1) is 11.3. The zero-order valence-electron chi connectivity index (χ0n) is 9.89. The number of likely N-dealkylation sites (tertiary alicyclic amines) is 1. The predicted octanol–water partition coefficient (Wildman–Crippen LogP) is 2.65. The normalized spacial score (nSPS) is 27.9. The molecular formula is C11H21NO2. The first-order valence-corrected chi connectivity index (χ1v) is 5.18. The van der Waals surface area contributed by atoms with Gasteiger partial charge in [-0.15, -0.1) is 0 Å². The van der Waals surface area contributed by atoms with Gasteiger partial charge < -0.3 is 9.64 Å². The van der Waals surface area contributed by atoms with E-state index in [-0.39, 0.29) is 17.0 Å². The number of hydrogen-bond donors (Lipinski definition) is 0. The van der Waals surface area contributed by atoms with Crippen molar-refractivity contribution in [3.05, 3.63) is 0 Å². The summed E-state index contributed by atoms with van der Waals surface area (Å²) in [6, 6.07) is 0. The molecule has 0 N–H and O–H groups in total. The largest absolute Gasteiger partial charge is 0.453 e. The van der Waals surface area contributed by atoms with Crippen LogP contribution in [0.1, 0.15) is 40.5 Å². The Morgan fingerprint density at radius 1 is 1.43 bits per heavy atom. The van der Waals surface area contributed by atoms with Crippen molar-refractivity contribution in [3.63, 3.8) is 0 Å². The van der Waals surface area contributed by atoms with Crippen molar-refractivity contribution < 1.29 is 9.53 Å². The lowest BCUT2D eigenvalue weighted by molar-refractivity contribution is 0.0356. The fourth-order valence-electron chi connectivity index (χ4n) is 2.15. The molecule has 0 radical (unpaired) electrons. The Hall–Kier alpha value is -0.730. The summed E-state index contributed by atoms with van der Waals surface area (Å²) in [7, 11) is 1.45. The molecular weight excluding hydrogens is 178 g/mol. The number of carbonyl (C=O) groups excluding carboxylic acids is 1. The van der Waals surface area contributed by atoms with Crippen molar-refractivity contribution in [2.45, 2.75) is 46.1 Å². The van der Waals surface area contributed by atoms with Crippen molar-refractivity contribution in [2.24, 2.45) is 5.41 Å². The minimum Gasteiger partial charge on any atom is -0.453 e. The molecule has 1 atom stereocenters. The van der Waals surface area contributed by atoms with E-state index in [1.54, 1.807) is 0 Å². The fourth-order valence-corrected chi connectivity index (χ4v) is 2.15. The van der Waals surface area contributed by atoms with Crippen molar-refractivity contribution in [2.75, 3.05) is 13.7 Å². The average Bonchev–Trinajstić information content (AvgIpc) is 2.46. The molecule has 1 rings (SSSR count). The third kappa shape index (κ3) is 1.60. The number of rotatable bonds is 0. The number of methoxy groups -OCH3 is 1. The van der Waals surface area contributed by atoms with E-state index in [0.717, 1.165) is 19.4 Å². The lowest BCUT2D eigenvalue weighted by Crippen LogP contribution is -2.53. The Balaban J connectivity index is 2.92. The first-order valence-electron chi connectivity index (χ1n) is 5.18. The molecule has 1 aliphatic rings. The maximum Gasteiger partial charge on any atom is 0.409 e. The molecule has 3 nitrogen and oxygen atoms in total. The molecule has 1 amide bonds. The monoisotopic (exact) mass is 199 g/mol. The van der Waals surface area contributed by atoms with Gasteiger partial charge in [-0.3, -0.25) is 0 Å². The zero-order valence-corrected chi connectivity index (χ0v) is 9.89. The molecule has 0 aliphatic carbocycles. The predicted molar refractivity (Wildman–Crippen MR) is 56.2 cm³/mol. The standard InChI is InChI=1S/C11H21NO2/c1-10(2,3)11(4)7-6-8-12(11)9(13)14-5/h6-8H2,1-5H3/t11-/m0/s1. The molecule has 0 aromatic rings. The highest BCUT2D eigenvalue weighted by Crippen LogP contribution is 2.43. The van der Waals surface area contributed by atoms with Crippen LogP contribution >= 0.6 is 0 Å². The maximum atomic E-state index is 11.6. The van der Waals surface area contributed by atoms with Crippen LogP contribution in [0.15, 0.2) is 0 Å². The molecule has 1 saturated heterocycles. The van der Waals surface area contributed by atoms with Gasteiger partial charge in [0.2, 0.25) is 0 Å². The highest BCUT2D eigenvalue weighted by molar-refractivity contribution is 5.69. The van der Waals surface area contributed by atoms with Gasteiger partial charge in [0.15, 0.2) is 0 Å². The summed E-state index contributed by atoms with van der Waals surface area (Å²) in [5, 5.41) is 0. The van der Waals surface area contributed by atoms with E-state index < -0.39 is 0 Å². The number of nitrogens with zero attached hydrogens (tertiary/aromatic N) is 1. The van der Waals surface area contributed by atoms with Crippen molar-refractivity contribution in [3.8, 4) is 0 Å². The van der Waals surface area contributed by atoms with Crippen LogP contribution in [0.5, 0.6) is 0 Å². The van der Waals surface area contributed by atoms with Gasteiger partial charge >= 0.3 is 6.09 Å². The quantitative estimate of drug-likeness (QED) is 0.600. The summed E-state index contributed by atoms with van der Waals surface area (Å²) >= 11 is 0. The Bertz CT molecular complexity index is 232. The Morgan fingerprint density at radius 3 is 2.43 bits per heavy atom. The minimum absolute atomic E-state index is 0.0694. The molecule has 3 heteroatoms. The van der Waals surface area contributed by atoms with E-state index in [4.69, 9.17) is 4.74 Å². The molecule has 0 bridgehead atoms. The second kappa shape index (κ2) is 3.44. The smallest absolute Gasteiger partial charge is 0.409 e. The van der Waals surface area contributed by atoms with Crippen molar-refractivity contribution in [1.29, 1.82) is 0 Å². The van der Waals surface area contributed by atoms with Gasteiger partial charge in [-0.2, -0.15) is 0 Å². The van der Waals surface area contributed by atoms with Crippen LogP contribution in [0.4, 0.5) is 4.79 Å². The highest BCUT2D eigenvalue weighted by Gasteiger charge is 2.48. The van der Waals surface area contributed by atoms with E-state index in [9.17, 15) is 4.79 Å². The van der Waals surface area contributed by atoms with Gasteiger partial charge in [0.1, 0.15) is 0 Å². The molecule has 0 unspecified atom stereocenters. The molecule has 0 saturated carbocycles. The molecule has 82 valence electrons. The van der Waals surface area contributed by atoms with Crippen LogP contribution in [-0.4, -0.2) is 30.2 Å². The second-order valence-corrected chi connectivity index (χ2v) is 5.25. The third-order valence-corrected chi connectivity index (χ3v) is 3.65. The van der Waals surface area contributed by atoms with Crippen LogP contribution in [0.3, 0.4) is 0 Å². The van der Waals surface area contributed by atoms with Gasteiger partial charge in [-0.05, 0) is 25.2 Å². The lowest BCUT2D eigenvalue weighted by Gasteiger charge is -2.44. The van der Waals surface area contributed by atoms with E-state index >= 15 is 0 Å². The summed E-state index contributed by atoms with van der Waals surface area (Å²) in [4.78, 5) is 13.4. The molecule has 14 heavy (non-hydrogen) atoms. The molecule has 1 heterocycles. The summed E-state index contributed by atoms with van der Waals surface area (Å²) in [6.45, 7) is 9.49. The minimum atomic E-state index is -0.195. The molecule has 0 aromatic carbocycles. The Kier molecular flexibility index (Phi) is 2.79. The zero-order chi connectivity index (χ0) is 11.0. The van der Waals surface area contributed by atoms with Crippen molar-refractivity contribution in [1.82, 2.24) is 4.90 Å². The van der Waals surface area contributed by atoms with Gasteiger partial charge in [0.05, 0.1) is 7.11 Å². The molecule has 0 spiro atoms. The third-order valence-electron chi connectivity index (χ3n) is 3.65. The molecule has 1 fully saturated rings. The van der Waals surface area contributed by atoms with Crippen LogP contribution in [0.25, 0.3) is 0 Å². The topological polar surface area (TPSA) is 29.5 Å². The summed E-state index contributed by atoms with van der Waals surface area (Å²) in [5.41, 5.74) is 0.0256. The number of ether oxygens (including phenoxy) is 1. The van der Waals surface area contributed by atoms with E-state index in [0.29, 0.717) is 0 Å². The van der Waals surface area contributed by atoms with E-state index in [1.165, 1.54) is 7.11 Å².